The number of esters is 1. The van der Waals surface area contributed by atoms with Gasteiger partial charge in [-0.15, -0.1) is 0 Å². The van der Waals surface area contributed by atoms with Crippen LogP contribution in [0.2, 0.25) is 0 Å². The van der Waals surface area contributed by atoms with E-state index in [0.717, 1.165) is 6.42 Å². The second-order valence-electron chi connectivity index (χ2n) is 4.62. The van der Waals surface area contributed by atoms with E-state index < -0.39 is 17.3 Å². The van der Waals surface area contributed by atoms with E-state index in [0.29, 0.717) is 18.4 Å². The zero-order valence-electron chi connectivity index (χ0n) is 11.2. The second-order valence-corrected chi connectivity index (χ2v) is 4.62. The van der Waals surface area contributed by atoms with Crippen molar-refractivity contribution in [2.75, 3.05) is 14.2 Å². The predicted octanol–water partition coefficient (Wildman–Crippen LogP) is 2.34. The van der Waals surface area contributed by atoms with Crippen molar-refractivity contribution in [1.29, 1.82) is 0 Å². The SMILES string of the molecule is COC(=O)c1cc(C2(N=C=O)CCC2)cc(F)c1OC. The molecule has 1 aliphatic carbocycles. The van der Waals surface area contributed by atoms with E-state index in [1.165, 1.54) is 32.4 Å². The van der Waals surface area contributed by atoms with Crippen molar-refractivity contribution in [2.45, 2.75) is 24.8 Å². The molecular formula is C14H14FNO4. The van der Waals surface area contributed by atoms with Crippen molar-refractivity contribution in [3.05, 3.63) is 29.1 Å². The highest BCUT2D eigenvalue weighted by Crippen LogP contribution is 2.46. The molecule has 1 aliphatic rings. The Labute approximate surface area is 115 Å². The van der Waals surface area contributed by atoms with Gasteiger partial charge in [-0.25, -0.2) is 14.0 Å². The van der Waals surface area contributed by atoms with Gasteiger partial charge in [0.25, 0.3) is 0 Å². The largest absolute Gasteiger partial charge is 0.493 e. The molecule has 0 aliphatic heterocycles. The molecule has 0 spiro atoms. The molecule has 2 rings (SSSR count). The molecule has 5 nitrogen and oxygen atoms in total. The molecule has 0 radical (unpaired) electrons. The molecule has 0 N–H and O–H groups in total. The highest BCUT2D eigenvalue weighted by Gasteiger charge is 2.40. The number of isocyanates is 1. The van der Waals surface area contributed by atoms with Crippen molar-refractivity contribution in [2.24, 2.45) is 4.99 Å². The molecule has 1 saturated carbocycles. The number of ether oxygens (including phenoxy) is 2. The van der Waals surface area contributed by atoms with Gasteiger partial charge in [0.1, 0.15) is 5.56 Å². The molecule has 0 atom stereocenters. The van der Waals surface area contributed by atoms with Crippen LogP contribution < -0.4 is 4.74 Å². The Morgan fingerprint density at radius 2 is 2.10 bits per heavy atom. The molecule has 106 valence electrons. The van der Waals surface area contributed by atoms with Crippen LogP contribution in [0.4, 0.5) is 4.39 Å². The van der Waals surface area contributed by atoms with Crippen molar-refractivity contribution in [3.63, 3.8) is 0 Å². The number of carbonyl (C=O) groups excluding carboxylic acids is 2. The third kappa shape index (κ3) is 2.18. The van der Waals surface area contributed by atoms with E-state index in [9.17, 15) is 14.0 Å². The lowest BCUT2D eigenvalue weighted by atomic mass is 9.72. The molecule has 0 bridgehead atoms. The van der Waals surface area contributed by atoms with Gasteiger partial charge in [0.2, 0.25) is 6.08 Å². The summed E-state index contributed by atoms with van der Waals surface area (Å²) in [6.07, 6.45) is 3.65. The third-order valence-corrected chi connectivity index (χ3v) is 3.63. The van der Waals surface area contributed by atoms with Crippen LogP contribution in [-0.2, 0) is 15.1 Å². The lowest BCUT2D eigenvalue weighted by Gasteiger charge is -2.37. The third-order valence-electron chi connectivity index (χ3n) is 3.63. The lowest BCUT2D eigenvalue weighted by molar-refractivity contribution is 0.0595. The summed E-state index contributed by atoms with van der Waals surface area (Å²) < 4.78 is 23.6. The van der Waals surface area contributed by atoms with Crippen LogP contribution >= 0.6 is 0 Å². The maximum Gasteiger partial charge on any atom is 0.341 e. The number of halogens is 1. The summed E-state index contributed by atoms with van der Waals surface area (Å²) >= 11 is 0. The fourth-order valence-electron chi connectivity index (χ4n) is 2.40. The zero-order valence-corrected chi connectivity index (χ0v) is 11.2. The molecule has 0 aromatic heterocycles. The zero-order chi connectivity index (χ0) is 14.8. The van der Waals surface area contributed by atoms with Crippen molar-refractivity contribution in [3.8, 4) is 5.75 Å². The monoisotopic (exact) mass is 279 g/mol. The average Bonchev–Trinajstić information content (AvgIpc) is 2.41. The molecule has 0 unspecified atom stereocenters. The minimum absolute atomic E-state index is 0.0163. The van der Waals surface area contributed by atoms with Crippen LogP contribution in [0.5, 0.6) is 5.75 Å². The van der Waals surface area contributed by atoms with Crippen molar-refractivity contribution >= 4 is 12.0 Å². The first-order valence-corrected chi connectivity index (χ1v) is 6.13. The summed E-state index contributed by atoms with van der Waals surface area (Å²) in [6.45, 7) is 0. The van der Waals surface area contributed by atoms with Gasteiger partial charge in [-0.3, -0.25) is 0 Å². The molecule has 0 heterocycles. The van der Waals surface area contributed by atoms with Crippen LogP contribution in [0, 0.1) is 5.82 Å². The van der Waals surface area contributed by atoms with Gasteiger partial charge < -0.3 is 9.47 Å². The average molecular weight is 279 g/mol. The Bertz CT molecular complexity index is 589. The van der Waals surface area contributed by atoms with Gasteiger partial charge >= 0.3 is 5.97 Å². The first-order valence-electron chi connectivity index (χ1n) is 6.13. The van der Waals surface area contributed by atoms with Crippen LogP contribution in [0.25, 0.3) is 0 Å². The van der Waals surface area contributed by atoms with E-state index in [1.807, 2.05) is 0 Å². The number of aliphatic imine (C=N–C) groups is 1. The first-order chi connectivity index (χ1) is 9.57. The minimum atomic E-state index is -0.780. The standard InChI is InChI=1S/C14H14FNO4/c1-19-12-10(13(18)20-2)6-9(7-11(12)15)14(16-8-17)4-3-5-14/h6-7H,3-5H2,1-2H3. The summed E-state index contributed by atoms with van der Waals surface area (Å²) in [5.74, 6) is -1.56. The lowest BCUT2D eigenvalue weighted by Crippen LogP contribution is -2.32. The van der Waals surface area contributed by atoms with E-state index in [-0.39, 0.29) is 11.3 Å². The minimum Gasteiger partial charge on any atom is -0.493 e. The summed E-state index contributed by atoms with van der Waals surface area (Å²) in [5.41, 5.74) is -0.333. The van der Waals surface area contributed by atoms with E-state index in [4.69, 9.17) is 4.74 Å². The Morgan fingerprint density at radius 3 is 2.55 bits per heavy atom. The summed E-state index contributed by atoms with van der Waals surface area (Å²) in [7, 11) is 2.47. The highest BCUT2D eigenvalue weighted by atomic mass is 19.1. The van der Waals surface area contributed by atoms with Crippen LogP contribution in [-0.4, -0.2) is 26.3 Å². The normalized spacial score (nSPS) is 15.8. The molecule has 0 saturated heterocycles. The summed E-state index contributed by atoms with van der Waals surface area (Å²) in [4.78, 5) is 26.1. The fraction of sp³-hybridized carbons (Fsp3) is 0.429. The topological polar surface area (TPSA) is 65.0 Å². The maximum absolute atomic E-state index is 14.1. The molecule has 6 heteroatoms. The molecule has 20 heavy (non-hydrogen) atoms. The number of methoxy groups -OCH3 is 2. The van der Waals surface area contributed by atoms with Gasteiger partial charge in [0, 0.05) is 0 Å². The quantitative estimate of drug-likeness (QED) is 0.482. The Balaban J connectivity index is 2.59. The highest BCUT2D eigenvalue weighted by molar-refractivity contribution is 5.92. The molecule has 1 aromatic rings. The molecule has 1 aromatic carbocycles. The Kier molecular flexibility index (Phi) is 3.86. The van der Waals surface area contributed by atoms with Gasteiger partial charge in [-0.1, -0.05) is 0 Å². The van der Waals surface area contributed by atoms with E-state index in [1.54, 1.807) is 0 Å². The Morgan fingerprint density at radius 1 is 1.40 bits per heavy atom. The van der Waals surface area contributed by atoms with Gasteiger partial charge in [-0.2, -0.15) is 4.99 Å². The number of nitrogens with zero attached hydrogens (tertiary/aromatic N) is 1. The van der Waals surface area contributed by atoms with Gasteiger partial charge in [0.15, 0.2) is 11.6 Å². The van der Waals surface area contributed by atoms with E-state index in [2.05, 4.69) is 9.73 Å². The van der Waals surface area contributed by atoms with Crippen molar-refractivity contribution < 1.29 is 23.5 Å². The van der Waals surface area contributed by atoms with Gasteiger partial charge in [-0.05, 0) is 37.0 Å². The first kappa shape index (κ1) is 14.2. The summed E-state index contributed by atoms with van der Waals surface area (Å²) in [6, 6.07) is 2.71. The van der Waals surface area contributed by atoms with Crippen LogP contribution in [0.15, 0.2) is 17.1 Å². The molecular weight excluding hydrogens is 265 g/mol. The number of benzene rings is 1. The van der Waals surface area contributed by atoms with Crippen molar-refractivity contribution in [1.82, 2.24) is 0 Å². The van der Waals surface area contributed by atoms with Crippen LogP contribution in [0.1, 0.15) is 35.2 Å². The van der Waals surface area contributed by atoms with E-state index >= 15 is 0 Å². The number of hydrogen-bond donors (Lipinski definition) is 0. The Hall–Kier alpha value is -2.20. The van der Waals surface area contributed by atoms with Crippen LogP contribution in [0.3, 0.4) is 0 Å². The number of rotatable bonds is 4. The summed E-state index contributed by atoms with van der Waals surface area (Å²) in [5, 5.41) is 0. The predicted molar refractivity (Wildman–Crippen MR) is 67.9 cm³/mol. The number of carbonyl (C=O) groups is 1. The molecule has 1 fully saturated rings. The van der Waals surface area contributed by atoms with Gasteiger partial charge in [0.05, 0.1) is 19.8 Å². The fourth-order valence-corrected chi connectivity index (χ4v) is 2.40. The molecule has 0 amide bonds. The maximum atomic E-state index is 14.1. The second kappa shape index (κ2) is 5.43. The smallest absolute Gasteiger partial charge is 0.341 e. The number of hydrogen-bond acceptors (Lipinski definition) is 5.